The number of hydrogen-bond acceptors (Lipinski definition) is 4. The Morgan fingerprint density at radius 1 is 0.950 bits per heavy atom. The van der Waals surface area contributed by atoms with Crippen molar-refractivity contribution in [2.45, 2.75) is 13.2 Å². The van der Waals surface area contributed by atoms with Crippen molar-refractivity contribution in [2.75, 3.05) is 18.5 Å². The summed E-state index contributed by atoms with van der Waals surface area (Å²) in [6.45, 7) is 1.83. The molecule has 0 atom stereocenters. The van der Waals surface area contributed by atoms with Gasteiger partial charge in [-0.25, -0.2) is 0 Å². The fourth-order valence-corrected chi connectivity index (χ4v) is 2.29. The number of fused-ring (bicyclic) bond motifs is 1. The average molecular weight is 271 g/mol. The van der Waals surface area contributed by atoms with Crippen molar-refractivity contribution in [1.29, 1.82) is 0 Å². The third kappa shape index (κ3) is 2.56. The molecule has 1 heterocycles. The van der Waals surface area contributed by atoms with Gasteiger partial charge in [-0.15, -0.1) is 0 Å². The molecular weight excluding hydrogens is 254 g/mol. The van der Waals surface area contributed by atoms with E-state index in [1.54, 1.807) is 0 Å². The third-order valence-corrected chi connectivity index (χ3v) is 3.30. The van der Waals surface area contributed by atoms with Gasteiger partial charge in [-0.05, 0) is 12.1 Å². The molecule has 0 spiro atoms. The zero-order chi connectivity index (χ0) is 13.8. The first-order valence-electron chi connectivity index (χ1n) is 6.68. The van der Waals surface area contributed by atoms with Crippen LogP contribution in [0.15, 0.2) is 42.5 Å². The lowest BCUT2D eigenvalue weighted by atomic mass is 10.1. The van der Waals surface area contributed by atoms with E-state index >= 15 is 0 Å². The van der Waals surface area contributed by atoms with Crippen LogP contribution in [-0.4, -0.2) is 18.3 Å². The Labute approximate surface area is 118 Å². The second-order valence-electron chi connectivity index (χ2n) is 4.61. The highest BCUT2D eigenvalue weighted by Gasteiger charge is 2.15. The first-order valence-corrected chi connectivity index (χ1v) is 6.68. The summed E-state index contributed by atoms with van der Waals surface area (Å²) in [4.78, 5) is 0. The predicted molar refractivity (Wildman–Crippen MR) is 77.1 cm³/mol. The van der Waals surface area contributed by atoms with Gasteiger partial charge in [-0.1, -0.05) is 30.3 Å². The van der Waals surface area contributed by atoms with E-state index in [1.165, 1.54) is 0 Å². The van der Waals surface area contributed by atoms with Gasteiger partial charge in [-0.2, -0.15) is 0 Å². The van der Waals surface area contributed by atoms with Crippen LogP contribution >= 0.6 is 0 Å². The molecule has 2 aromatic rings. The molecular formula is C16H17NO3. The van der Waals surface area contributed by atoms with Gasteiger partial charge in [0.25, 0.3) is 0 Å². The highest BCUT2D eigenvalue weighted by Crippen LogP contribution is 2.34. The summed E-state index contributed by atoms with van der Waals surface area (Å²) in [5.41, 5.74) is 2.87. The van der Waals surface area contributed by atoms with Crippen molar-refractivity contribution in [1.82, 2.24) is 0 Å². The molecule has 0 fully saturated rings. The van der Waals surface area contributed by atoms with E-state index < -0.39 is 0 Å². The zero-order valence-corrected chi connectivity index (χ0v) is 11.1. The zero-order valence-electron chi connectivity index (χ0n) is 11.1. The normalized spacial score (nSPS) is 13.1. The largest absolute Gasteiger partial charge is 0.486 e. The number of para-hydroxylation sites is 2. The van der Waals surface area contributed by atoms with Crippen LogP contribution in [0.4, 0.5) is 5.69 Å². The Morgan fingerprint density at radius 3 is 2.65 bits per heavy atom. The summed E-state index contributed by atoms with van der Waals surface area (Å²) < 4.78 is 11.3. The first-order chi connectivity index (χ1) is 9.88. The van der Waals surface area contributed by atoms with Gasteiger partial charge in [0.05, 0.1) is 6.61 Å². The molecule has 0 saturated carbocycles. The second-order valence-corrected chi connectivity index (χ2v) is 4.61. The number of aliphatic hydroxyl groups is 1. The minimum Gasteiger partial charge on any atom is -0.486 e. The molecule has 1 aliphatic heterocycles. The first kappa shape index (κ1) is 12.8. The summed E-state index contributed by atoms with van der Waals surface area (Å²) in [6, 6.07) is 13.6. The van der Waals surface area contributed by atoms with Crippen LogP contribution in [0.3, 0.4) is 0 Å². The van der Waals surface area contributed by atoms with E-state index in [-0.39, 0.29) is 6.61 Å². The molecule has 0 aliphatic carbocycles. The smallest absolute Gasteiger partial charge is 0.166 e. The minimum atomic E-state index is 0.0235. The molecule has 4 nitrogen and oxygen atoms in total. The highest BCUT2D eigenvalue weighted by atomic mass is 16.6. The van der Waals surface area contributed by atoms with Crippen LogP contribution < -0.4 is 14.8 Å². The molecule has 0 bridgehead atoms. The molecule has 0 amide bonds. The van der Waals surface area contributed by atoms with E-state index in [0.29, 0.717) is 19.8 Å². The molecule has 2 N–H and O–H groups in total. The topological polar surface area (TPSA) is 50.7 Å². The van der Waals surface area contributed by atoms with Gasteiger partial charge in [0, 0.05) is 23.4 Å². The van der Waals surface area contributed by atoms with Crippen molar-refractivity contribution in [3.63, 3.8) is 0 Å². The number of anilines is 1. The number of aliphatic hydroxyl groups excluding tert-OH is 1. The Bertz CT molecular complexity index is 598. The van der Waals surface area contributed by atoms with Gasteiger partial charge in [0.1, 0.15) is 13.2 Å². The molecule has 104 valence electrons. The fourth-order valence-electron chi connectivity index (χ4n) is 2.29. The average Bonchev–Trinajstić information content (AvgIpc) is 2.53. The van der Waals surface area contributed by atoms with Crippen LogP contribution in [-0.2, 0) is 13.2 Å². The minimum absolute atomic E-state index is 0.0235. The van der Waals surface area contributed by atoms with Crippen molar-refractivity contribution in [3.05, 3.63) is 53.6 Å². The van der Waals surface area contributed by atoms with E-state index in [2.05, 4.69) is 5.32 Å². The number of hydrogen-bond donors (Lipinski definition) is 2. The number of nitrogens with one attached hydrogen (secondary N) is 1. The summed E-state index contributed by atoms with van der Waals surface area (Å²) in [5, 5.41) is 12.7. The van der Waals surface area contributed by atoms with Crippen LogP contribution in [0.1, 0.15) is 11.1 Å². The summed E-state index contributed by atoms with van der Waals surface area (Å²) in [6.07, 6.45) is 0. The maximum Gasteiger partial charge on any atom is 0.166 e. The molecule has 0 radical (unpaired) electrons. The monoisotopic (exact) mass is 271 g/mol. The maximum absolute atomic E-state index is 9.32. The summed E-state index contributed by atoms with van der Waals surface area (Å²) in [5.74, 6) is 1.61. The third-order valence-electron chi connectivity index (χ3n) is 3.30. The van der Waals surface area contributed by atoms with Crippen molar-refractivity contribution in [3.8, 4) is 11.5 Å². The Balaban J connectivity index is 1.79. The van der Waals surface area contributed by atoms with Gasteiger partial charge < -0.3 is 19.9 Å². The Kier molecular flexibility index (Phi) is 3.74. The number of benzene rings is 2. The predicted octanol–water partition coefficient (Wildman–Crippen LogP) is 2.56. The van der Waals surface area contributed by atoms with Crippen molar-refractivity contribution >= 4 is 5.69 Å². The highest BCUT2D eigenvalue weighted by molar-refractivity contribution is 5.53. The van der Waals surface area contributed by atoms with Gasteiger partial charge in [-0.3, -0.25) is 0 Å². The molecule has 20 heavy (non-hydrogen) atoms. The molecule has 0 saturated heterocycles. The molecule has 4 heteroatoms. The van der Waals surface area contributed by atoms with E-state index in [4.69, 9.17) is 9.47 Å². The molecule has 0 aromatic heterocycles. The Morgan fingerprint density at radius 2 is 1.75 bits per heavy atom. The van der Waals surface area contributed by atoms with Crippen molar-refractivity contribution < 1.29 is 14.6 Å². The van der Waals surface area contributed by atoms with E-state index in [0.717, 1.165) is 28.3 Å². The van der Waals surface area contributed by atoms with Crippen LogP contribution in [0.2, 0.25) is 0 Å². The molecule has 1 aliphatic rings. The number of ether oxygens (including phenoxy) is 2. The molecule has 0 unspecified atom stereocenters. The number of rotatable bonds is 4. The lowest BCUT2D eigenvalue weighted by Gasteiger charge is -2.21. The second kappa shape index (κ2) is 5.84. The van der Waals surface area contributed by atoms with Crippen LogP contribution in [0, 0.1) is 0 Å². The van der Waals surface area contributed by atoms with Crippen LogP contribution in [0.5, 0.6) is 11.5 Å². The summed E-state index contributed by atoms with van der Waals surface area (Å²) >= 11 is 0. The maximum atomic E-state index is 9.32. The van der Waals surface area contributed by atoms with E-state index in [9.17, 15) is 5.11 Å². The van der Waals surface area contributed by atoms with Gasteiger partial charge in [0.15, 0.2) is 11.5 Å². The lowest BCUT2D eigenvalue weighted by molar-refractivity contribution is 0.170. The fraction of sp³-hybridized carbons (Fsp3) is 0.250. The summed E-state index contributed by atoms with van der Waals surface area (Å²) in [7, 11) is 0. The molecule has 2 aromatic carbocycles. The quantitative estimate of drug-likeness (QED) is 0.897. The van der Waals surface area contributed by atoms with Gasteiger partial charge in [0.2, 0.25) is 0 Å². The standard InChI is InChI=1S/C16H17NO3/c18-11-13-4-1-2-6-14(13)17-10-12-5-3-7-15-16(12)20-9-8-19-15/h1-7,17-18H,8-11H2. The SMILES string of the molecule is OCc1ccccc1NCc1cccc2c1OCCO2. The molecule has 3 rings (SSSR count). The van der Waals surface area contributed by atoms with Gasteiger partial charge >= 0.3 is 0 Å². The Hall–Kier alpha value is -2.20. The lowest BCUT2D eigenvalue weighted by Crippen LogP contribution is -2.17. The van der Waals surface area contributed by atoms with Crippen LogP contribution in [0.25, 0.3) is 0 Å². The van der Waals surface area contributed by atoms with E-state index in [1.807, 2.05) is 42.5 Å². The van der Waals surface area contributed by atoms with Crippen molar-refractivity contribution in [2.24, 2.45) is 0 Å².